The van der Waals surface area contributed by atoms with Gasteiger partial charge >= 0.3 is 0 Å². The van der Waals surface area contributed by atoms with Crippen LogP contribution in [0.5, 0.6) is 0 Å². The van der Waals surface area contributed by atoms with Gasteiger partial charge in [0.15, 0.2) is 16.7 Å². The molecular weight excluding hydrogens is 466 g/mol. The van der Waals surface area contributed by atoms with Crippen molar-refractivity contribution < 1.29 is 23.8 Å². The third-order valence-corrected chi connectivity index (χ3v) is 7.58. The largest absolute Gasteiger partial charge is 0.463 e. The first-order chi connectivity index (χ1) is 17.1. The highest BCUT2D eigenvalue weighted by molar-refractivity contribution is 7.18. The molecule has 0 unspecified atom stereocenters. The second-order valence-corrected chi connectivity index (χ2v) is 10.1. The molecule has 2 fully saturated rings. The summed E-state index contributed by atoms with van der Waals surface area (Å²) in [6.45, 7) is 3.70. The molecule has 1 amide bonds. The van der Waals surface area contributed by atoms with Crippen molar-refractivity contribution in [2.45, 2.75) is 38.3 Å². The number of rotatable bonds is 7. The van der Waals surface area contributed by atoms with Crippen LogP contribution in [0, 0.1) is 5.92 Å². The van der Waals surface area contributed by atoms with E-state index < -0.39 is 0 Å². The Balaban J connectivity index is 1.28. The molecule has 2 aromatic heterocycles. The van der Waals surface area contributed by atoms with Gasteiger partial charge in [-0.3, -0.25) is 19.8 Å². The molecule has 9 heteroatoms. The number of hydrogen-bond acceptors (Lipinski definition) is 8. The maximum Gasteiger partial charge on any atom is 0.257 e. The standard InChI is InChI=1S/C26H29N3O5S/c30-20-7-11-29(12-8-20)16-17-3-5-19(6-4-17)25(32)28-26-27-22(21-2-1-13-34-21)24(35-26)23(31)18-9-14-33-15-10-18/h1-6,13,18,20,30H,7-12,14-16H2,(H,27,28,32). The van der Waals surface area contributed by atoms with E-state index in [-0.39, 0.29) is 23.7 Å². The lowest BCUT2D eigenvalue weighted by Gasteiger charge is -2.29. The van der Waals surface area contributed by atoms with E-state index in [2.05, 4.69) is 15.2 Å². The van der Waals surface area contributed by atoms with E-state index in [1.54, 1.807) is 30.5 Å². The quantitative estimate of drug-likeness (QED) is 0.473. The molecule has 35 heavy (non-hydrogen) atoms. The molecule has 3 aromatic rings. The summed E-state index contributed by atoms with van der Waals surface area (Å²) in [5, 5.41) is 12.9. The number of aliphatic hydroxyl groups is 1. The van der Waals surface area contributed by atoms with Gasteiger partial charge in [0.1, 0.15) is 10.6 Å². The second-order valence-electron chi connectivity index (χ2n) is 9.08. The fourth-order valence-corrected chi connectivity index (χ4v) is 5.52. The molecule has 0 spiro atoms. The average Bonchev–Trinajstić information content (AvgIpc) is 3.56. The van der Waals surface area contributed by atoms with Gasteiger partial charge in [0.25, 0.3) is 5.91 Å². The number of furan rings is 1. The van der Waals surface area contributed by atoms with E-state index in [4.69, 9.17) is 9.15 Å². The molecule has 2 N–H and O–H groups in total. The zero-order chi connectivity index (χ0) is 24.2. The van der Waals surface area contributed by atoms with Crippen molar-refractivity contribution in [3.8, 4) is 11.5 Å². The number of carbonyl (C=O) groups excluding carboxylic acids is 2. The van der Waals surface area contributed by atoms with Crippen LogP contribution in [0.3, 0.4) is 0 Å². The molecule has 0 saturated carbocycles. The summed E-state index contributed by atoms with van der Waals surface area (Å²) < 4.78 is 10.9. The zero-order valence-corrected chi connectivity index (χ0v) is 20.3. The maximum absolute atomic E-state index is 13.2. The first-order valence-electron chi connectivity index (χ1n) is 12.0. The van der Waals surface area contributed by atoms with Gasteiger partial charge in [0, 0.05) is 44.3 Å². The number of benzene rings is 1. The van der Waals surface area contributed by atoms with Crippen molar-refractivity contribution in [2.75, 3.05) is 31.6 Å². The zero-order valence-electron chi connectivity index (χ0n) is 19.4. The third kappa shape index (κ3) is 5.70. The molecule has 5 rings (SSSR count). The summed E-state index contributed by atoms with van der Waals surface area (Å²) >= 11 is 1.19. The Hall–Kier alpha value is -2.85. The van der Waals surface area contributed by atoms with Crippen molar-refractivity contribution in [1.82, 2.24) is 9.88 Å². The van der Waals surface area contributed by atoms with E-state index in [1.165, 1.54) is 11.3 Å². The molecule has 2 aliphatic rings. The smallest absolute Gasteiger partial charge is 0.257 e. The first kappa shape index (κ1) is 23.9. The van der Waals surface area contributed by atoms with E-state index in [9.17, 15) is 14.7 Å². The van der Waals surface area contributed by atoms with Crippen molar-refractivity contribution >= 4 is 28.2 Å². The molecule has 0 bridgehead atoms. The van der Waals surface area contributed by atoms with Gasteiger partial charge in [-0.1, -0.05) is 23.5 Å². The van der Waals surface area contributed by atoms with Crippen molar-refractivity contribution in [2.24, 2.45) is 5.92 Å². The number of ketones is 1. The number of likely N-dealkylation sites (tertiary alicyclic amines) is 1. The number of Topliss-reactive ketones (excluding diaryl/α,β-unsaturated/α-hetero) is 1. The van der Waals surface area contributed by atoms with Gasteiger partial charge in [-0.05, 0) is 55.5 Å². The van der Waals surface area contributed by atoms with Crippen LogP contribution < -0.4 is 5.32 Å². The Morgan fingerprint density at radius 3 is 2.51 bits per heavy atom. The normalized spacial score (nSPS) is 18.0. The summed E-state index contributed by atoms with van der Waals surface area (Å²) in [7, 11) is 0. The van der Waals surface area contributed by atoms with Crippen LogP contribution in [-0.4, -0.2) is 59.1 Å². The number of aromatic nitrogens is 1. The van der Waals surface area contributed by atoms with Crippen molar-refractivity contribution in [3.05, 3.63) is 58.7 Å². The predicted molar refractivity (Wildman–Crippen MR) is 133 cm³/mol. The minimum Gasteiger partial charge on any atom is -0.463 e. The summed E-state index contributed by atoms with van der Waals surface area (Å²) in [5.74, 6) is 0.138. The lowest BCUT2D eigenvalue weighted by atomic mass is 9.94. The molecular formula is C26H29N3O5S. The number of carbonyl (C=O) groups is 2. The summed E-state index contributed by atoms with van der Waals surface area (Å²) in [5.41, 5.74) is 2.11. The number of aliphatic hydroxyl groups excluding tert-OH is 1. The Kier molecular flexibility index (Phi) is 7.38. The van der Waals surface area contributed by atoms with Crippen LogP contribution in [0.1, 0.15) is 51.3 Å². The second kappa shape index (κ2) is 10.8. The molecule has 1 aromatic carbocycles. The number of nitrogens with zero attached hydrogens (tertiary/aromatic N) is 2. The number of nitrogens with one attached hydrogen (secondary N) is 1. The Morgan fingerprint density at radius 2 is 1.83 bits per heavy atom. The minimum absolute atomic E-state index is 0.0206. The number of thiazole rings is 1. The number of hydrogen-bond donors (Lipinski definition) is 2. The van der Waals surface area contributed by atoms with Gasteiger partial charge in [-0.25, -0.2) is 4.98 Å². The first-order valence-corrected chi connectivity index (χ1v) is 12.9. The Bertz CT molecular complexity index is 1140. The van der Waals surface area contributed by atoms with Gasteiger partial charge in [0.05, 0.1) is 12.4 Å². The van der Waals surface area contributed by atoms with Crippen LogP contribution in [0.25, 0.3) is 11.5 Å². The fourth-order valence-electron chi connectivity index (χ4n) is 4.53. The lowest BCUT2D eigenvalue weighted by molar-refractivity contribution is 0.0547. The van der Waals surface area contributed by atoms with Gasteiger partial charge in [-0.2, -0.15) is 0 Å². The van der Waals surface area contributed by atoms with E-state index in [0.29, 0.717) is 53.1 Å². The molecule has 0 radical (unpaired) electrons. The van der Waals surface area contributed by atoms with Gasteiger partial charge in [-0.15, -0.1) is 0 Å². The van der Waals surface area contributed by atoms with Crippen LogP contribution in [0.2, 0.25) is 0 Å². The maximum atomic E-state index is 13.2. The van der Waals surface area contributed by atoms with Gasteiger partial charge < -0.3 is 14.3 Å². The SMILES string of the molecule is O=C(Nc1nc(-c2ccco2)c(C(=O)C2CCOCC2)s1)c1ccc(CN2CCC(O)CC2)cc1. The summed E-state index contributed by atoms with van der Waals surface area (Å²) in [6.07, 6.45) is 4.31. The highest BCUT2D eigenvalue weighted by atomic mass is 32.1. The molecule has 184 valence electrons. The molecule has 0 atom stereocenters. The van der Waals surface area contributed by atoms with E-state index in [1.807, 2.05) is 12.1 Å². The number of ether oxygens (including phenoxy) is 1. The van der Waals surface area contributed by atoms with E-state index >= 15 is 0 Å². The van der Waals surface area contributed by atoms with E-state index in [0.717, 1.165) is 38.0 Å². The van der Waals surface area contributed by atoms with Crippen LogP contribution in [-0.2, 0) is 11.3 Å². The summed E-state index contributed by atoms with van der Waals surface area (Å²) in [6, 6.07) is 11.0. The number of amides is 1. The highest BCUT2D eigenvalue weighted by Gasteiger charge is 2.29. The molecule has 0 aliphatic carbocycles. The monoisotopic (exact) mass is 495 g/mol. The third-order valence-electron chi connectivity index (χ3n) is 6.60. The molecule has 8 nitrogen and oxygen atoms in total. The average molecular weight is 496 g/mol. The van der Waals surface area contributed by atoms with Crippen LogP contribution in [0.15, 0.2) is 47.1 Å². The fraction of sp³-hybridized carbons (Fsp3) is 0.423. The van der Waals surface area contributed by atoms with Crippen LogP contribution >= 0.6 is 11.3 Å². The topological polar surface area (TPSA) is 105 Å². The summed E-state index contributed by atoms with van der Waals surface area (Å²) in [4.78, 5) is 33.5. The molecule has 2 saturated heterocycles. The predicted octanol–water partition coefficient (Wildman–Crippen LogP) is 4.22. The Morgan fingerprint density at radius 1 is 1.09 bits per heavy atom. The van der Waals surface area contributed by atoms with Crippen LogP contribution in [0.4, 0.5) is 5.13 Å². The highest BCUT2D eigenvalue weighted by Crippen LogP contribution is 2.35. The van der Waals surface area contributed by atoms with Gasteiger partial charge in [0.2, 0.25) is 0 Å². The molecule has 4 heterocycles. The number of piperidine rings is 1. The minimum atomic E-state index is -0.276. The van der Waals surface area contributed by atoms with Crippen molar-refractivity contribution in [3.63, 3.8) is 0 Å². The molecule has 2 aliphatic heterocycles. The van der Waals surface area contributed by atoms with Crippen molar-refractivity contribution in [1.29, 1.82) is 0 Å². The Labute approximate surface area is 207 Å². The number of anilines is 1. The lowest BCUT2D eigenvalue weighted by Crippen LogP contribution is -2.35.